The van der Waals surface area contributed by atoms with Gasteiger partial charge in [-0.1, -0.05) is 42.5 Å². The number of halogens is 3. The molecule has 0 radical (unpaired) electrons. The number of nitrogens with one attached hydrogen (secondary N) is 1. The molecule has 3 N–H and O–H groups in total. The van der Waals surface area contributed by atoms with Crippen molar-refractivity contribution in [2.75, 3.05) is 31.1 Å². The van der Waals surface area contributed by atoms with Crippen molar-refractivity contribution >= 4 is 48.8 Å². The van der Waals surface area contributed by atoms with E-state index in [1.807, 2.05) is 13.0 Å². The average molecular weight is 476 g/mol. The molecule has 2 aromatic rings. The van der Waals surface area contributed by atoms with E-state index >= 15 is 0 Å². The number of amides is 1. The maximum atomic E-state index is 11.9. The molecule has 2 aromatic carbocycles. The van der Waals surface area contributed by atoms with Gasteiger partial charge in [0.05, 0.1) is 0 Å². The first-order valence-corrected chi connectivity index (χ1v) is 9.73. The average Bonchev–Trinajstić information content (AvgIpc) is 2.68. The first-order chi connectivity index (χ1) is 13.1. The summed E-state index contributed by atoms with van der Waals surface area (Å²) in [6.07, 6.45) is 0.365. The van der Waals surface area contributed by atoms with E-state index < -0.39 is 0 Å². The summed E-state index contributed by atoms with van der Waals surface area (Å²) in [5, 5.41) is 2.99. The number of rotatable bonds is 7. The lowest BCUT2D eigenvalue weighted by atomic mass is 10.1. The topological polar surface area (TPSA) is 61.6 Å². The molecule has 1 atom stereocenters. The van der Waals surface area contributed by atoms with Gasteiger partial charge < -0.3 is 16.0 Å². The van der Waals surface area contributed by atoms with Gasteiger partial charge in [-0.25, -0.2) is 0 Å². The Hall–Kier alpha value is -1.50. The molecule has 1 unspecified atom stereocenters. The van der Waals surface area contributed by atoms with Gasteiger partial charge in [-0.15, -0.1) is 37.2 Å². The summed E-state index contributed by atoms with van der Waals surface area (Å²) in [6, 6.07) is 18.9. The number of nitrogens with zero attached hydrogens (tertiary/aromatic N) is 2. The van der Waals surface area contributed by atoms with Crippen LogP contribution < -0.4 is 16.0 Å². The fourth-order valence-electron chi connectivity index (χ4n) is 3.49. The third kappa shape index (κ3) is 8.70. The maximum absolute atomic E-state index is 11.9. The second-order valence-corrected chi connectivity index (χ2v) is 7.33. The maximum Gasteiger partial charge on any atom is 0.221 e. The summed E-state index contributed by atoms with van der Waals surface area (Å²) in [7, 11) is 0. The molecule has 0 bridgehead atoms. The van der Waals surface area contributed by atoms with E-state index in [-0.39, 0.29) is 49.2 Å². The smallest absolute Gasteiger partial charge is 0.221 e. The molecule has 1 fully saturated rings. The first kappa shape index (κ1) is 28.5. The first-order valence-electron chi connectivity index (χ1n) is 9.73. The Balaban J connectivity index is 0.00000280. The lowest BCUT2D eigenvalue weighted by Crippen LogP contribution is -2.46. The van der Waals surface area contributed by atoms with Crippen LogP contribution in [0.1, 0.15) is 24.5 Å². The van der Waals surface area contributed by atoms with Gasteiger partial charge in [-0.2, -0.15) is 0 Å². The molecule has 0 aromatic heterocycles. The monoisotopic (exact) mass is 474 g/mol. The Morgan fingerprint density at radius 1 is 0.933 bits per heavy atom. The number of hydrogen-bond donors (Lipinski definition) is 2. The van der Waals surface area contributed by atoms with Crippen LogP contribution in [0.4, 0.5) is 5.69 Å². The molecule has 1 aliphatic rings. The van der Waals surface area contributed by atoms with Crippen LogP contribution in [0.3, 0.4) is 0 Å². The summed E-state index contributed by atoms with van der Waals surface area (Å²) in [5.41, 5.74) is 9.46. The van der Waals surface area contributed by atoms with Crippen LogP contribution >= 0.6 is 37.2 Å². The second-order valence-electron chi connectivity index (χ2n) is 7.33. The highest BCUT2D eigenvalue weighted by Gasteiger charge is 2.18. The standard InChI is InChI=1S/C22H30N4O.3ClH/c1-18(23)15-22(27)24-16-19-7-5-6-8-20(19)17-25-11-13-26(14-12-25)21-9-3-2-4-10-21;;;/h2-10,18H,11-17,23H2,1H3,(H,24,27);3*1H. The SMILES string of the molecule is CC(N)CC(=O)NCc1ccccc1CN1CCN(c2ccccc2)CC1.Cl.Cl.Cl. The van der Waals surface area contributed by atoms with E-state index in [1.54, 1.807) is 0 Å². The highest BCUT2D eigenvalue weighted by atomic mass is 35.5. The van der Waals surface area contributed by atoms with Crippen LogP contribution in [0, 0.1) is 0 Å². The zero-order chi connectivity index (χ0) is 19.1. The number of para-hydroxylation sites is 1. The van der Waals surface area contributed by atoms with Crippen molar-refractivity contribution in [3.8, 4) is 0 Å². The molecule has 1 heterocycles. The van der Waals surface area contributed by atoms with Gasteiger partial charge in [0.1, 0.15) is 0 Å². The molecule has 0 aliphatic carbocycles. The molecule has 30 heavy (non-hydrogen) atoms. The predicted octanol–water partition coefficient (Wildman–Crippen LogP) is 3.63. The van der Waals surface area contributed by atoms with Crippen LogP contribution in [-0.4, -0.2) is 43.0 Å². The molecule has 0 saturated carbocycles. The van der Waals surface area contributed by atoms with E-state index in [1.165, 1.54) is 16.8 Å². The van der Waals surface area contributed by atoms with Crippen LogP contribution in [0.2, 0.25) is 0 Å². The van der Waals surface area contributed by atoms with Crippen molar-refractivity contribution in [1.82, 2.24) is 10.2 Å². The zero-order valence-corrected chi connectivity index (χ0v) is 19.8. The molecular weight excluding hydrogens is 443 g/mol. The van der Waals surface area contributed by atoms with Crippen molar-refractivity contribution in [3.63, 3.8) is 0 Å². The predicted molar refractivity (Wildman–Crippen MR) is 132 cm³/mol. The van der Waals surface area contributed by atoms with Crippen molar-refractivity contribution < 1.29 is 4.79 Å². The Morgan fingerprint density at radius 2 is 1.50 bits per heavy atom. The van der Waals surface area contributed by atoms with Crippen molar-refractivity contribution in [1.29, 1.82) is 0 Å². The molecule has 0 spiro atoms. The Bertz CT molecular complexity index is 738. The number of carbonyl (C=O) groups is 1. The van der Waals surface area contributed by atoms with Crippen LogP contribution in [-0.2, 0) is 17.9 Å². The van der Waals surface area contributed by atoms with E-state index in [4.69, 9.17) is 5.73 Å². The number of benzene rings is 2. The number of nitrogens with two attached hydrogens (primary N) is 1. The number of carbonyl (C=O) groups excluding carboxylic acids is 1. The molecule has 1 amide bonds. The van der Waals surface area contributed by atoms with Gasteiger partial charge in [-0.05, 0) is 30.2 Å². The molecule has 168 valence electrons. The van der Waals surface area contributed by atoms with Gasteiger partial charge >= 0.3 is 0 Å². The fraction of sp³-hybridized carbons (Fsp3) is 0.409. The van der Waals surface area contributed by atoms with Crippen LogP contribution in [0.25, 0.3) is 0 Å². The normalized spacial score (nSPS) is 14.5. The Labute approximate surface area is 198 Å². The van der Waals surface area contributed by atoms with Gasteiger partial charge in [0, 0.05) is 57.4 Å². The Morgan fingerprint density at radius 3 is 2.10 bits per heavy atom. The van der Waals surface area contributed by atoms with Gasteiger partial charge in [0.2, 0.25) is 5.91 Å². The number of anilines is 1. The van der Waals surface area contributed by atoms with Crippen molar-refractivity contribution in [2.45, 2.75) is 32.5 Å². The van der Waals surface area contributed by atoms with Gasteiger partial charge in [0.15, 0.2) is 0 Å². The van der Waals surface area contributed by atoms with E-state index in [9.17, 15) is 4.79 Å². The summed E-state index contributed by atoms with van der Waals surface area (Å²) >= 11 is 0. The van der Waals surface area contributed by atoms with Gasteiger partial charge in [-0.3, -0.25) is 9.69 Å². The lowest BCUT2D eigenvalue weighted by molar-refractivity contribution is -0.121. The van der Waals surface area contributed by atoms with Crippen LogP contribution in [0.15, 0.2) is 54.6 Å². The fourth-order valence-corrected chi connectivity index (χ4v) is 3.49. The molecule has 3 rings (SSSR count). The number of piperazine rings is 1. The summed E-state index contributed by atoms with van der Waals surface area (Å²) < 4.78 is 0. The van der Waals surface area contributed by atoms with E-state index in [2.05, 4.69) is 63.6 Å². The molecule has 1 aliphatic heterocycles. The van der Waals surface area contributed by atoms with E-state index in [0.717, 1.165) is 32.7 Å². The quantitative estimate of drug-likeness (QED) is 0.642. The molecule has 5 nitrogen and oxygen atoms in total. The summed E-state index contributed by atoms with van der Waals surface area (Å²) in [6.45, 7) is 7.49. The second kappa shape index (κ2) is 14.5. The lowest BCUT2D eigenvalue weighted by Gasteiger charge is -2.36. The zero-order valence-electron chi connectivity index (χ0n) is 17.3. The molecule has 8 heteroatoms. The minimum absolute atomic E-state index is 0. The minimum atomic E-state index is -0.110. The minimum Gasteiger partial charge on any atom is -0.369 e. The van der Waals surface area contributed by atoms with Crippen molar-refractivity contribution in [2.24, 2.45) is 5.73 Å². The largest absolute Gasteiger partial charge is 0.369 e. The number of hydrogen-bond acceptors (Lipinski definition) is 4. The molecular formula is C22H33Cl3N4O. The highest BCUT2D eigenvalue weighted by molar-refractivity contribution is 5.86. The molecule has 1 saturated heterocycles. The Kier molecular flexibility index (Phi) is 13.8. The van der Waals surface area contributed by atoms with Gasteiger partial charge in [0.25, 0.3) is 0 Å². The highest BCUT2D eigenvalue weighted by Crippen LogP contribution is 2.18. The third-order valence-corrected chi connectivity index (χ3v) is 4.99. The third-order valence-electron chi connectivity index (χ3n) is 4.99. The van der Waals surface area contributed by atoms with E-state index in [0.29, 0.717) is 13.0 Å². The summed E-state index contributed by atoms with van der Waals surface area (Å²) in [5.74, 6) is 0.0104. The van der Waals surface area contributed by atoms with Crippen LogP contribution in [0.5, 0.6) is 0 Å². The van der Waals surface area contributed by atoms with Crippen molar-refractivity contribution in [3.05, 3.63) is 65.7 Å². The summed E-state index contributed by atoms with van der Waals surface area (Å²) in [4.78, 5) is 16.8.